The number of hydrogen-bond acceptors (Lipinski definition) is 2. The fraction of sp³-hybridized carbons (Fsp3) is 0.143. The molecule has 0 bridgehead atoms. The molecule has 0 aliphatic carbocycles. The third-order valence-corrected chi connectivity index (χ3v) is 1.58. The van der Waals surface area contributed by atoms with Gasteiger partial charge in [0.2, 0.25) is 5.78 Å². The maximum Gasteiger partial charge on any atom is 0.302 e. The molecule has 0 atom stereocenters. The molecular formula is C7H3BClF2NO. The van der Waals surface area contributed by atoms with E-state index in [0.717, 1.165) is 6.20 Å². The Morgan fingerprint density at radius 3 is 2.69 bits per heavy atom. The Morgan fingerprint density at radius 1 is 1.62 bits per heavy atom. The van der Waals surface area contributed by atoms with Crippen molar-refractivity contribution >= 4 is 30.7 Å². The number of carbonyl (C=O) groups is 1. The van der Waals surface area contributed by atoms with Gasteiger partial charge in [-0.25, -0.2) is 8.78 Å². The second-order valence-corrected chi connectivity index (χ2v) is 2.67. The monoisotopic (exact) mass is 201 g/mol. The Hall–Kier alpha value is -0.965. The lowest BCUT2D eigenvalue weighted by Gasteiger charge is -2.01. The summed E-state index contributed by atoms with van der Waals surface area (Å²) in [6, 6.07) is 1.20. The fourth-order valence-corrected chi connectivity index (χ4v) is 1.01. The Morgan fingerprint density at radius 2 is 2.23 bits per heavy atom. The summed E-state index contributed by atoms with van der Waals surface area (Å²) in [4.78, 5) is 14.2. The van der Waals surface area contributed by atoms with E-state index in [0.29, 0.717) is 0 Å². The van der Waals surface area contributed by atoms with Crippen LogP contribution in [0.2, 0.25) is 5.02 Å². The van der Waals surface area contributed by atoms with Gasteiger partial charge in [0.05, 0.1) is 5.02 Å². The number of rotatable bonds is 2. The van der Waals surface area contributed by atoms with Gasteiger partial charge in [0.1, 0.15) is 13.5 Å². The topological polar surface area (TPSA) is 30.0 Å². The maximum atomic E-state index is 11.9. The van der Waals surface area contributed by atoms with Crippen molar-refractivity contribution in [2.75, 3.05) is 0 Å². The van der Waals surface area contributed by atoms with Crippen LogP contribution in [0.5, 0.6) is 0 Å². The van der Waals surface area contributed by atoms with Gasteiger partial charge < -0.3 is 0 Å². The predicted octanol–water partition coefficient (Wildman–Crippen LogP) is 0.977. The van der Waals surface area contributed by atoms with Gasteiger partial charge in [0.15, 0.2) is 0 Å². The molecule has 0 saturated carbocycles. The summed E-state index contributed by atoms with van der Waals surface area (Å²) in [5.41, 5.74) is -0.235. The van der Waals surface area contributed by atoms with Gasteiger partial charge in [-0.2, -0.15) is 0 Å². The highest BCUT2D eigenvalue weighted by atomic mass is 35.5. The highest BCUT2D eigenvalue weighted by Crippen LogP contribution is 2.14. The van der Waals surface area contributed by atoms with E-state index in [1.165, 1.54) is 6.07 Å². The summed E-state index contributed by atoms with van der Waals surface area (Å²) in [5, 5.41) is -0.162. The van der Waals surface area contributed by atoms with Crippen LogP contribution in [0.3, 0.4) is 0 Å². The smallest absolute Gasteiger partial charge is 0.286 e. The van der Waals surface area contributed by atoms with Crippen molar-refractivity contribution in [2.24, 2.45) is 0 Å². The van der Waals surface area contributed by atoms with Crippen LogP contribution in [0.1, 0.15) is 10.5 Å². The Bertz CT molecular complexity index is 345. The first-order valence-corrected chi connectivity index (χ1v) is 3.63. The van der Waals surface area contributed by atoms with Crippen molar-refractivity contribution in [1.82, 2.24) is 4.98 Å². The van der Waals surface area contributed by atoms with Crippen LogP contribution >= 0.6 is 11.6 Å². The van der Waals surface area contributed by atoms with Gasteiger partial charge in [-0.15, -0.1) is 0 Å². The molecule has 0 N–H and O–H groups in total. The molecule has 0 aromatic carbocycles. The minimum Gasteiger partial charge on any atom is -0.286 e. The molecule has 0 aliphatic rings. The number of hydrogen-bond donors (Lipinski definition) is 0. The zero-order valence-electron chi connectivity index (χ0n) is 6.30. The quantitative estimate of drug-likeness (QED) is 0.527. The fourth-order valence-electron chi connectivity index (χ4n) is 0.737. The SMILES string of the molecule is [B]c1cnc(C(=O)C(F)F)c(Cl)c1. The molecule has 0 saturated heterocycles. The normalized spacial score (nSPS) is 10.5. The van der Waals surface area contributed by atoms with Gasteiger partial charge in [-0.1, -0.05) is 17.1 Å². The number of carbonyl (C=O) groups excluding carboxylic acids is 1. The van der Waals surface area contributed by atoms with Crippen LogP contribution in [-0.2, 0) is 0 Å². The van der Waals surface area contributed by atoms with E-state index in [-0.39, 0.29) is 10.5 Å². The molecule has 1 rings (SSSR count). The van der Waals surface area contributed by atoms with Crippen LogP contribution in [0, 0.1) is 0 Å². The van der Waals surface area contributed by atoms with E-state index in [9.17, 15) is 13.6 Å². The van der Waals surface area contributed by atoms with Crippen LogP contribution in [-0.4, -0.2) is 25.0 Å². The van der Waals surface area contributed by atoms with Crippen molar-refractivity contribution in [3.63, 3.8) is 0 Å². The first kappa shape index (κ1) is 10.1. The summed E-state index contributed by atoms with van der Waals surface area (Å²) >= 11 is 5.47. The third-order valence-electron chi connectivity index (χ3n) is 1.29. The Labute approximate surface area is 79.3 Å². The van der Waals surface area contributed by atoms with Crippen molar-refractivity contribution in [1.29, 1.82) is 0 Å². The molecule has 13 heavy (non-hydrogen) atoms. The van der Waals surface area contributed by atoms with Crippen LogP contribution < -0.4 is 5.46 Å². The molecular weight excluding hydrogens is 198 g/mol. The first-order valence-electron chi connectivity index (χ1n) is 3.25. The summed E-state index contributed by atoms with van der Waals surface area (Å²) in [7, 11) is 5.26. The van der Waals surface area contributed by atoms with E-state index in [1.807, 2.05) is 0 Å². The number of aromatic nitrogens is 1. The highest BCUT2D eigenvalue weighted by molar-refractivity contribution is 6.37. The molecule has 0 unspecified atom stereocenters. The number of nitrogens with zero attached hydrogens (tertiary/aromatic N) is 1. The lowest BCUT2D eigenvalue weighted by Crippen LogP contribution is -2.15. The molecule has 66 valence electrons. The zero-order chi connectivity index (χ0) is 10.0. The molecule has 1 aromatic heterocycles. The molecule has 1 aromatic rings. The van der Waals surface area contributed by atoms with Gasteiger partial charge in [0.25, 0.3) is 0 Å². The number of halogens is 3. The molecule has 0 aliphatic heterocycles. The maximum absolute atomic E-state index is 11.9. The lowest BCUT2D eigenvalue weighted by atomic mass is 9.98. The number of Topliss-reactive ketones (excluding diaryl/α,β-unsaturated/α-hetero) is 1. The van der Waals surface area contributed by atoms with Crippen molar-refractivity contribution in [3.05, 3.63) is 23.0 Å². The highest BCUT2D eigenvalue weighted by Gasteiger charge is 2.21. The minimum atomic E-state index is -3.10. The summed E-state index contributed by atoms with van der Waals surface area (Å²) in [6.45, 7) is 0. The van der Waals surface area contributed by atoms with Crippen molar-refractivity contribution in [3.8, 4) is 0 Å². The van der Waals surface area contributed by atoms with Gasteiger partial charge in [-0.05, 0) is 6.07 Å². The molecule has 0 fully saturated rings. The van der Waals surface area contributed by atoms with Gasteiger partial charge >= 0.3 is 6.43 Å². The first-order chi connectivity index (χ1) is 6.02. The van der Waals surface area contributed by atoms with Gasteiger partial charge in [-0.3, -0.25) is 9.78 Å². The summed E-state index contributed by atoms with van der Waals surface area (Å²) in [5.74, 6) is -1.40. The summed E-state index contributed by atoms with van der Waals surface area (Å²) < 4.78 is 23.8. The van der Waals surface area contributed by atoms with E-state index in [4.69, 9.17) is 19.4 Å². The standard InChI is InChI=1S/C7H3BClF2NO/c8-3-1-4(9)5(12-2-3)6(13)7(10)11/h1-2,7H. The molecule has 0 amide bonds. The number of ketones is 1. The molecule has 0 spiro atoms. The molecule has 6 heteroatoms. The van der Waals surface area contributed by atoms with Crippen LogP contribution in [0.15, 0.2) is 12.3 Å². The van der Waals surface area contributed by atoms with E-state index >= 15 is 0 Å². The second kappa shape index (κ2) is 3.83. The Balaban J connectivity index is 3.09. The van der Waals surface area contributed by atoms with Crippen molar-refractivity contribution in [2.45, 2.75) is 6.43 Å². The van der Waals surface area contributed by atoms with Crippen LogP contribution in [0.25, 0.3) is 0 Å². The van der Waals surface area contributed by atoms with Crippen LogP contribution in [0.4, 0.5) is 8.78 Å². The Kier molecular flexibility index (Phi) is 2.98. The average molecular weight is 201 g/mol. The molecule has 2 nitrogen and oxygen atoms in total. The van der Waals surface area contributed by atoms with Gasteiger partial charge in [0, 0.05) is 6.20 Å². The molecule has 1 heterocycles. The zero-order valence-corrected chi connectivity index (χ0v) is 7.05. The second-order valence-electron chi connectivity index (χ2n) is 2.26. The summed E-state index contributed by atoms with van der Waals surface area (Å²) in [6.07, 6.45) is -2.00. The minimum absolute atomic E-state index is 0.162. The number of alkyl halides is 2. The third kappa shape index (κ3) is 2.24. The van der Waals surface area contributed by atoms with E-state index in [1.54, 1.807) is 0 Å². The van der Waals surface area contributed by atoms with E-state index < -0.39 is 17.9 Å². The molecule has 2 radical (unpaired) electrons. The number of pyridine rings is 1. The average Bonchev–Trinajstić information content (AvgIpc) is 2.03. The lowest BCUT2D eigenvalue weighted by molar-refractivity contribution is 0.0673. The predicted molar refractivity (Wildman–Crippen MR) is 45.0 cm³/mol. The van der Waals surface area contributed by atoms with E-state index in [2.05, 4.69) is 4.98 Å². The largest absolute Gasteiger partial charge is 0.302 e. The van der Waals surface area contributed by atoms with Crippen molar-refractivity contribution < 1.29 is 13.6 Å².